The molecule has 0 spiro atoms. The van der Waals surface area contributed by atoms with Crippen molar-refractivity contribution in [3.8, 4) is 0 Å². The summed E-state index contributed by atoms with van der Waals surface area (Å²) in [5, 5.41) is 0. The molecule has 0 unspecified atom stereocenters. The van der Waals surface area contributed by atoms with E-state index in [1.807, 2.05) is 18.7 Å². The van der Waals surface area contributed by atoms with E-state index in [1.165, 1.54) is 5.57 Å². The second kappa shape index (κ2) is 6.46. The molecule has 0 fully saturated rings. The van der Waals surface area contributed by atoms with Gasteiger partial charge in [0.15, 0.2) is 0 Å². The number of urea groups is 1. The third-order valence-electron chi connectivity index (χ3n) is 2.09. The predicted molar refractivity (Wildman–Crippen MR) is 60.4 cm³/mol. The van der Waals surface area contributed by atoms with Gasteiger partial charge in [-0.15, -0.1) is 0 Å². The summed E-state index contributed by atoms with van der Waals surface area (Å²) < 4.78 is 0. The molecule has 1 heterocycles. The van der Waals surface area contributed by atoms with E-state index in [2.05, 4.69) is 13.0 Å². The average molecular weight is 198 g/mol. The van der Waals surface area contributed by atoms with Crippen LogP contribution >= 0.6 is 0 Å². The molecule has 0 saturated heterocycles. The summed E-state index contributed by atoms with van der Waals surface area (Å²) in [5.74, 6) is 0. The number of carbonyl (C=O) groups is 1. The zero-order valence-electron chi connectivity index (χ0n) is 10.0. The molecule has 0 bridgehead atoms. The molecular weight excluding hydrogens is 176 g/mol. The minimum atomic E-state index is 0.110. The van der Waals surface area contributed by atoms with Gasteiger partial charge in [-0.3, -0.25) is 0 Å². The van der Waals surface area contributed by atoms with Crippen LogP contribution < -0.4 is 0 Å². The molecule has 14 heavy (non-hydrogen) atoms. The summed E-state index contributed by atoms with van der Waals surface area (Å²) in [4.78, 5) is 14.9. The molecule has 0 aromatic heterocycles. The Morgan fingerprint density at radius 2 is 2.00 bits per heavy atom. The SMILES string of the molecule is CC.CC1=CCN(C(=O)N(C)C)CC1. The highest BCUT2D eigenvalue weighted by atomic mass is 16.2. The maximum absolute atomic E-state index is 11.4. The third-order valence-corrected chi connectivity index (χ3v) is 2.09. The van der Waals surface area contributed by atoms with Gasteiger partial charge in [-0.1, -0.05) is 25.5 Å². The Kier molecular flexibility index (Phi) is 6.00. The zero-order valence-corrected chi connectivity index (χ0v) is 10.0. The van der Waals surface area contributed by atoms with Crippen molar-refractivity contribution < 1.29 is 4.79 Å². The molecule has 0 aliphatic carbocycles. The second-order valence-electron chi connectivity index (χ2n) is 3.42. The summed E-state index contributed by atoms with van der Waals surface area (Å²) in [6, 6.07) is 0.110. The van der Waals surface area contributed by atoms with Crippen molar-refractivity contribution in [3.05, 3.63) is 11.6 Å². The molecule has 2 amide bonds. The molecule has 0 aromatic rings. The summed E-state index contributed by atoms with van der Waals surface area (Å²) in [5.41, 5.74) is 1.39. The van der Waals surface area contributed by atoms with Crippen molar-refractivity contribution in [2.75, 3.05) is 27.2 Å². The predicted octanol–water partition coefficient (Wildman–Crippen LogP) is 2.35. The van der Waals surface area contributed by atoms with Crippen molar-refractivity contribution >= 4 is 6.03 Å². The first-order valence-corrected chi connectivity index (χ1v) is 5.23. The molecule has 0 atom stereocenters. The van der Waals surface area contributed by atoms with Crippen LogP contribution in [0.25, 0.3) is 0 Å². The van der Waals surface area contributed by atoms with Gasteiger partial charge in [0, 0.05) is 27.2 Å². The fourth-order valence-electron chi connectivity index (χ4n) is 1.23. The fourth-order valence-corrected chi connectivity index (χ4v) is 1.23. The molecular formula is C11H22N2O. The van der Waals surface area contributed by atoms with E-state index in [0.717, 1.165) is 19.5 Å². The molecule has 1 rings (SSSR count). The smallest absolute Gasteiger partial charge is 0.319 e. The van der Waals surface area contributed by atoms with Gasteiger partial charge >= 0.3 is 6.03 Å². The summed E-state index contributed by atoms with van der Waals surface area (Å²) in [7, 11) is 3.57. The molecule has 1 aliphatic heterocycles. The standard InChI is InChI=1S/C9H16N2O.C2H6/c1-8-4-6-11(7-5-8)9(12)10(2)3;1-2/h4H,5-7H2,1-3H3;1-2H3. The largest absolute Gasteiger partial charge is 0.331 e. The lowest BCUT2D eigenvalue weighted by atomic mass is 10.1. The van der Waals surface area contributed by atoms with E-state index in [0.29, 0.717) is 0 Å². The van der Waals surface area contributed by atoms with Crippen LogP contribution in [0.5, 0.6) is 0 Å². The van der Waals surface area contributed by atoms with Crippen molar-refractivity contribution in [3.63, 3.8) is 0 Å². The van der Waals surface area contributed by atoms with Gasteiger partial charge in [0.25, 0.3) is 0 Å². The first-order chi connectivity index (χ1) is 6.61. The van der Waals surface area contributed by atoms with E-state index in [1.54, 1.807) is 19.0 Å². The highest BCUT2D eigenvalue weighted by molar-refractivity contribution is 5.74. The minimum absolute atomic E-state index is 0.110. The first kappa shape index (κ1) is 13.0. The Hall–Kier alpha value is -0.990. The highest BCUT2D eigenvalue weighted by Crippen LogP contribution is 2.10. The molecule has 0 saturated carbocycles. The van der Waals surface area contributed by atoms with E-state index in [9.17, 15) is 4.79 Å². The number of carbonyl (C=O) groups excluding carboxylic acids is 1. The van der Waals surface area contributed by atoms with E-state index in [4.69, 9.17) is 0 Å². The Balaban J connectivity index is 0.000000791. The van der Waals surface area contributed by atoms with Gasteiger partial charge in [-0.2, -0.15) is 0 Å². The lowest BCUT2D eigenvalue weighted by Gasteiger charge is -2.28. The maximum atomic E-state index is 11.4. The molecule has 1 aliphatic rings. The lowest BCUT2D eigenvalue weighted by Crippen LogP contribution is -2.41. The van der Waals surface area contributed by atoms with Crippen molar-refractivity contribution in [1.82, 2.24) is 9.80 Å². The lowest BCUT2D eigenvalue weighted by molar-refractivity contribution is 0.175. The van der Waals surface area contributed by atoms with Crippen molar-refractivity contribution in [1.29, 1.82) is 0 Å². The summed E-state index contributed by atoms with van der Waals surface area (Å²) >= 11 is 0. The molecule has 3 nitrogen and oxygen atoms in total. The van der Waals surface area contributed by atoms with Gasteiger partial charge in [0.2, 0.25) is 0 Å². The average Bonchev–Trinajstić information content (AvgIpc) is 2.21. The number of hydrogen-bond acceptors (Lipinski definition) is 1. The summed E-state index contributed by atoms with van der Waals surface area (Å²) in [6.45, 7) is 7.74. The van der Waals surface area contributed by atoms with E-state index >= 15 is 0 Å². The van der Waals surface area contributed by atoms with Crippen LogP contribution in [-0.4, -0.2) is 43.0 Å². The first-order valence-electron chi connectivity index (χ1n) is 5.23. The Morgan fingerprint density at radius 1 is 1.43 bits per heavy atom. The molecule has 3 heteroatoms. The van der Waals surface area contributed by atoms with Crippen molar-refractivity contribution in [2.24, 2.45) is 0 Å². The zero-order chi connectivity index (χ0) is 11.1. The number of hydrogen-bond donors (Lipinski definition) is 0. The van der Waals surface area contributed by atoms with Crippen LogP contribution in [0, 0.1) is 0 Å². The van der Waals surface area contributed by atoms with Crippen molar-refractivity contribution in [2.45, 2.75) is 27.2 Å². The van der Waals surface area contributed by atoms with Gasteiger partial charge in [-0.25, -0.2) is 4.79 Å². The molecule has 0 radical (unpaired) electrons. The number of rotatable bonds is 0. The topological polar surface area (TPSA) is 23.6 Å². The van der Waals surface area contributed by atoms with Crippen LogP contribution in [0.15, 0.2) is 11.6 Å². The van der Waals surface area contributed by atoms with Crippen LogP contribution in [0.1, 0.15) is 27.2 Å². The Morgan fingerprint density at radius 3 is 2.36 bits per heavy atom. The normalized spacial score (nSPS) is 15.2. The van der Waals surface area contributed by atoms with Gasteiger partial charge in [0.1, 0.15) is 0 Å². The Bertz CT molecular complexity index is 209. The van der Waals surface area contributed by atoms with Crippen LogP contribution in [0.2, 0.25) is 0 Å². The number of amides is 2. The molecule has 82 valence electrons. The highest BCUT2D eigenvalue weighted by Gasteiger charge is 2.16. The van der Waals surface area contributed by atoms with Crippen LogP contribution in [-0.2, 0) is 0 Å². The van der Waals surface area contributed by atoms with E-state index < -0.39 is 0 Å². The van der Waals surface area contributed by atoms with Crippen LogP contribution in [0.4, 0.5) is 4.79 Å². The van der Waals surface area contributed by atoms with Crippen LogP contribution in [0.3, 0.4) is 0 Å². The monoisotopic (exact) mass is 198 g/mol. The molecule has 0 aromatic carbocycles. The second-order valence-corrected chi connectivity index (χ2v) is 3.42. The minimum Gasteiger partial charge on any atom is -0.331 e. The quantitative estimate of drug-likeness (QED) is 0.548. The van der Waals surface area contributed by atoms with Gasteiger partial charge in [-0.05, 0) is 13.3 Å². The maximum Gasteiger partial charge on any atom is 0.319 e. The molecule has 0 N–H and O–H groups in total. The van der Waals surface area contributed by atoms with E-state index in [-0.39, 0.29) is 6.03 Å². The third kappa shape index (κ3) is 3.81. The van der Waals surface area contributed by atoms with Gasteiger partial charge < -0.3 is 9.80 Å². The fraction of sp³-hybridized carbons (Fsp3) is 0.727. The summed E-state index contributed by atoms with van der Waals surface area (Å²) in [6.07, 6.45) is 3.13. The van der Waals surface area contributed by atoms with Gasteiger partial charge in [0.05, 0.1) is 0 Å². The number of nitrogens with zero attached hydrogens (tertiary/aromatic N) is 2. The Labute approximate surface area is 87.4 Å².